The zero-order valence-electron chi connectivity index (χ0n) is 9.30. The van der Waals surface area contributed by atoms with Crippen molar-refractivity contribution in [1.29, 1.82) is 0 Å². The van der Waals surface area contributed by atoms with Crippen LogP contribution in [0.15, 0.2) is 23.9 Å². The van der Waals surface area contributed by atoms with Crippen LogP contribution in [0, 0.1) is 0 Å². The predicted molar refractivity (Wildman–Crippen MR) is 62.5 cm³/mol. The summed E-state index contributed by atoms with van der Waals surface area (Å²) in [4.78, 5) is 0. The molecular weight excluding hydrogens is 176 g/mol. The van der Waals surface area contributed by atoms with Crippen LogP contribution in [0.5, 0.6) is 0 Å². The van der Waals surface area contributed by atoms with Crippen molar-refractivity contribution in [2.75, 3.05) is 0 Å². The standard InChI is InChI=1S/C11H22OSi/c1-6-7-8-9-11(12)10(2)13(3,4)5/h8-9,11-12H,2,6-7H2,1,3-5H3. The van der Waals surface area contributed by atoms with Crippen molar-refractivity contribution in [3.63, 3.8) is 0 Å². The average Bonchev–Trinajstić information content (AvgIpc) is 2.01. The predicted octanol–water partition coefficient (Wildman–Crippen LogP) is 3.14. The van der Waals surface area contributed by atoms with Gasteiger partial charge < -0.3 is 5.11 Å². The number of unbranched alkanes of at least 4 members (excludes halogenated alkanes) is 1. The van der Waals surface area contributed by atoms with Gasteiger partial charge in [0, 0.05) is 0 Å². The molecule has 13 heavy (non-hydrogen) atoms. The third-order valence-electron chi connectivity index (χ3n) is 2.09. The Kier molecular flexibility index (Phi) is 5.26. The van der Waals surface area contributed by atoms with E-state index in [9.17, 15) is 5.11 Å². The van der Waals surface area contributed by atoms with Crippen LogP contribution in [0.3, 0.4) is 0 Å². The lowest BCUT2D eigenvalue weighted by atomic mass is 10.2. The highest BCUT2D eigenvalue weighted by molar-refractivity contribution is 6.83. The third-order valence-corrected chi connectivity index (χ3v) is 4.32. The second-order valence-corrected chi connectivity index (χ2v) is 9.58. The van der Waals surface area contributed by atoms with E-state index in [1.165, 1.54) is 0 Å². The Hall–Kier alpha value is -0.343. The summed E-state index contributed by atoms with van der Waals surface area (Å²) >= 11 is 0. The molecule has 76 valence electrons. The fourth-order valence-electron chi connectivity index (χ4n) is 0.952. The third kappa shape index (κ3) is 5.06. The molecule has 1 N–H and O–H groups in total. The summed E-state index contributed by atoms with van der Waals surface area (Å²) < 4.78 is 0. The first kappa shape index (κ1) is 12.7. The maximum absolute atomic E-state index is 9.73. The Morgan fingerprint density at radius 1 is 1.46 bits per heavy atom. The van der Waals surface area contributed by atoms with Gasteiger partial charge in [-0.25, -0.2) is 0 Å². The molecule has 1 unspecified atom stereocenters. The highest BCUT2D eigenvalue weighted by Crippen LogP contribution is 2.16. The van der Waals surface area contributed by atoms with Crippen LogP contribution in [0.25, 0.3) is 0 Å². The fraction of sp³-hybridized carbons (Fsp3) is 0.636. The van der Waals surface area contributed by atoms with Crippen LogP contribution in [0.4, 0.5) is 0 Å². The van der Waals surface area contributed by atoms with Gasteiger partial charge in [0.15, 0.2) is 0 Å². The van der Waals surface area contributed by atoms with Crippen molar-refractivity contribution >= 4 is 8.07 Å². The molecular formula is C11H22OSi. The summed E-state index contributed by atoms with van der Waals surface area (Å²) in [6, 6.07) is 0. The van der Waals surface area contributed by atoms with Gasteiger partial charge in [0.2, 0.25) is 0 Å². The highest BCUT2D eigenvalue weighted by atomic mass is 28.3. The molecule has 0 aliphatic heterocycles. The van der Waals surface area contributed by atoms with Gasteiger partial charge >= 0.3 is 0 Å². The van der Waals surface area contributed by atoms with E-state index >= 15 is 0 Å². The molecule has 0 aliphatic rings. The van der Waals surface area contributed by atoms with Gasteiger partial charge in [-0.2, -0.15) is 0 Å². The van der Waals surface area contributed by atoms with Crippen LogP contribution >= 0.6 is 0 Å². The lowest BCUT2D eigenvalue weighted by molar-refractivity contribution is 0.266. The van der Waals surface area contributed by atoms with Gasteiger partial charge in [0.1, 0.15) is 0 Å². The van der Waals surface area contributed by atoms with Crippen molar-refractivity contribution in [3.8, 4) is 0 Å². The van der Waals surface area contributed by atoms with Gasteiger partial charge in [0.25, 0.3) is 0 Å². The maximum atomic E-state index is 9.73. The van der Waals surface area contributed by atoms with Crippen molar-refractivity contribution in [3.05, 3.63) is 23.9 Å². The summed E-state index contributed by atoms with van der Waals surface area (Å²) in [7, 11) is -1.38. The van der Waals surface area contributed by atoms with Crippen molar-refractivity contribution in [2.45, 2.75) is 45.5 Å². The first-order valence-electron chi connectivity index (χ1n) is 4.93. The molecule has 0 heterocycles. The zero-order chi connectivity index (χ0) is 10.5. The number of rotatable bonds is 5. The lowest BCUT2D eigenvalue weighted by Crippen LogP contribution is -2.30. The van der Waals surface area contributed by atoms with E-state index in [2.05, 4.69) is 33.1 Å². The van der Waals surface area contributed by atoms with E-state index < -0.39 is 14.2 Å². The molecule has 0 saturated carbocycles. The van der Waals surface area contributed by atoms with E-state index in [4.69, 9.17) is 0 Å². The van der Waals surface area contributed by atoms with Crippen LogP contribution in [0.1, 0.15) is 19.8 Å². The number of hydrogen-bond acceptors (Lipinski definition) is 1. The number of allylic oxidation sites excluding steroid dienone is 1. The molecule has 0 amide bonds. The molecule has 0 bridgehead atoms. The Bertz CT molecular complexity index is 189. The van der Waals surface area contributed by atoms with Crippen molar-refractivity contribution in [2.24, 2.45) is 0 Å². The largest absolute Gasteiger partial charge is 0.385 e. The monoisotopic (exact) mass is 198 g/mol. The first-order valence-corrected chi connectivity index (χ1v) is 8.43. The molecule has 0 rings (SSSR count). The fourth-order valence-corrected chi connectivity index (χ4v) is 1.94. The Balaban J connectivity index is 4.12. The second-order valence-electron chi connectivity index (χ2n) is 4.44. The van der Waals surface area contributed by atoms with E-state index in [1.54, 1.807) is 0 Å². The summed E-state index contributed by atoms with van der Waals surface area (Å²) in [6.07, 6.45) is 5.64. The Labute approximate surface area is 83.2 Å². The number of aliphatic hydroxyl groups excluding tert-OH is 1. The van der Waals surface area contributed by atoms with Crippen LogP contribution < -0.4 is 0 Å². The molecule has 0 radical (unpaired) electrons. The van der Waals surface area contributed by atoms with Gasteiger partial charge in [-0.05, 0) is 6.42 Å². The molecule has 2 heteroatoms. The van der Waals surface area contributed by atoms with E-state index in [1.807, 2.05) is 12.2 Å². The maximum Gasteiger partial charge on any atom is 0.0894 e. The first-order chi connectivity index (χ1) is 5.89. The molecule has 1 atom stereocenters. The van der Waals surface area contributed by atoms with Crippen LogP contribution in [-0.2, 0) is 0 Å². The Morgan fingerprint density at radius 2 is 2.00 bits per heavy atom. The molecule has 0 aromatic rings. The molecule has 0 aliphatic carbocycles. The number of aliphatic hydroxyl groups is 1. The molecule has 0 aromatic carbocycles. The lowest BCUT2D eigenvalue weighted by Gasteiger charge is -2.22. The normalized spacial score (nSPS) is 14.8. The van der Waals surface area contributed by atoms with E-state index in [0.29, 0.717) is 0 Å². The summed E-state index contributed by atoms with van der Waals surface area (Å²) in [5.74, 6) is 0. The van der Waals surface area contributed by atoms with Crippen molar-refractivity contribution in [1.82, 2.24) is 0 Å². The molecule has 0 spiro atoms. The van der Waals surface area contributed by atoms with Crippen LogP contribution in [-0.4, -0.2) is 19.3 Å². The molecule has 0 fully saturated rings. The SMILES string of the molecule is C=C(C(O)C=CCCC)[Si](C)(C)C. The topological polar surface area (TPSA) is 20.2 Å². The minimum Gasteiger partial charge on any atom is -0.385 e. The second kappa shape index (κ2) is 5.40. The minimum atomic E-state index is -1.38. The average molecular weight is 198 g/mol. The Morgan fingerprint density at radius 3 is 2.38 bits per heavy atom. The summed E-state index contributed by atoms with van der Waals surface area (Å²) in [6.45, 7) is 12.7. The molecule has 0 saturated heterocycles. The molecule has 1 nitrogen and oxygen atoms in total. The van der Waals surface area contributed by atoms with E-state index in [-0.39, 0.29) is 0 Å². The minimum absolute atomic E-state index is 0.432. The van der Waals surface area contributed by atoms with Crippen LogP contribution in [0.2, 0.25) is 19.6 Å². The number of hydrogen-bond donors (Lipinski definition) is 1. The van der Waals surface area contributed by atoms with Gasteiger partial charge in [-0.15, -0.1) is 6.58 Å². The van der Waals surface area contributed by atoms with Gasteiger partial charge in [-0.3, -0.25) is 0 Å². The van der Waals surface area contributed by atoms with Gasteiger partial charge in [-0.1, -0.05) is 50.3 Å². The van der Waals surface area contributed by atoms with Crippen molar-refractivity contribution < 1.29 is 5.11 Å². The van der Waals surface area contributed by atoms with Gasteiger partial charge in [0.05, 0.1) is 14.2 Å². The molecule has 0 aromatic heterocycles. The summed E-state index contributed by atoms with van der Waals surface area (Å²) in [5.41, 5.74) is 0. The van der Waals surface area contributed by atoms with E-state index in [0.717, 1.165) is 18.0 Å². The zero-order valence-corrected chi connectivity index (χ0v) is 10.3. The quantitative estimate of drug-likeness (QED) is 0.531. The highest BCUT2D eigenvalue weighted by Gasteiger charge is 2.21. The smallest absolute Gasteiger partial charge is 0.0894 e. The summed E-state index contributed by atoms with van der Waals surface area (Å²) in [5, 5.41) is 10.7.